The first kappa shape index (κ1) is 20.6. The molecule has 8 heteroatoms. The zero-order chi connectivity index (χ0) is 21.3. The van der Waals surface area contributed by atoms with Crippen molar-refractivity contribution in [2.75, 3.05) is 0 Å². The van der Waals surface area contributed by atoms with Gasteiger partial charge in [0.2, 0.25) is 11.8 Å². The Bertz CT molecular complexity index is 1250. The molecular weight excluding hydrogens is 420 g/mol. The second kappa shape index (κ2) is 8.62. The molecule has 0 amide bonds. The molecule has 0 radical (unpaired) electrons. The summed E-state index contributed by atoms with van der Waals surface area (Å²) in [4.78, 5) is 18.1. The lowest BCUT2D eigenvalue weighted by atomic mass is 9.98. The van der Waals surface area contributed by atoms with E-state index in [1.165, 1.54) is 17.3 Å². The van der Waals surface area contributed by atoms with Crippen molar-refractivity contribution < 1.29 is 4.42 Å². The van der Waals surface area contributed by atoms with Crippen LogP contribution in [0.5, 0.6) is 0 Å². The van der Waals surface area contributed by atoms with Crippen LogP contribution in [0.25, 0.3) is 16.6 Å². The first-order valence-corrected chi connectivity index (χ1v) is 11.1. The van der Waals surface area contributed by atoms with Gasteiger partial charge in [-0.3, -0.25) is 9.36 Å². The van der Waals surface area contributed by atoms with Crippen molar-refractivity contribution in [2.45, 2.75) is 44.0 Å². The fourth-order valence-corrected chi connectivity index (χ4v) is 4.19. The van der Waals surface area contributed by atoms with Crippen molar-refractivity contribution in [3.63, 3.8) is 0 Å². The maximum absolute atomic E-state index is 13.4. The summed E-state index contributed by atoms with van der Waals surface area (Å²) in [6, 6.07) is 13.2. The summed E-state index contributed by atoms with van der Waals surface area (Å²) in [5, 5.41) is 9.42. The average molecular weight is 441 g/mol. The molecule has 0 N–H and O–H groups in total. The molecule has 0 spiro atoms. The zero-order valence-corrected chi connectivity index (χ0v) is 18.5. The lowest BCUT2D eigenvalue weighted by Gasteiger charge is -2.14. The summed E-state index contributed by atoms with van der Waals surface area (Å²) in [5.41, 5.74) is 2.43. The van der Waals surface area contributed by atoms with Crippen molar-refractivity contribution in [3.8, 4) is 5.69 Å². The molecule has 2 aromatic carbocycles. The number of nitrogens with zero attached hydrogens (tertiary/aromatic N) is 4. The Kier molecular flexibility index (Phi) is 5.92. The van der Waals surface area contributed by atoms with E-state index in [1.807, 2.05) is 12.1 Å². The second-order valence-corrected chi connectivity index (χ2v) is 8.48. The Morgan fingerprint density at radius 1 is 1.17 bits per heavy atom. The van der Waals surface area contributed by atoms with Gasteiger partial charge in [0.15, 0.2) is 5.16 Å². The maximum Gasteiger partial charge on any atom is 0.266 e. The van der Waals surface area contributed by atoms with Gasteiger partial charge in [-0.25, -0.2) is 4.98 Å². The van der Waals surface area contributed by atoms with Gasteiger partial charge in [0.1, 0.15) is 0 Å². The normalized spacial score (nSPS) is 12.4. The van der Waals surface area contributed by atoms with Gasteiger partial charge in [-0.1, -0.05) is 49.3 Å². The Labute approximate surface area is 183 Å². The predicted molar refractivity (Wildman–Crippen MR) is 120 cm³/mol. The number of rotatable bonds is 6. The van der Waals surface area contributed by atoms with Gasteiger partial charge < -0.3 is 4.42 Å². The Morgan fingerprint density at radius 2 is 1.93 bits per heavy atom. The standard InChI is InChI=1S/C22H21ClN4O2S/c1-4-13(2)15-5-8-17(9-6-15)27-21(28)18-11-16(23)7-10-19(18)24-22(27)30-12-20-26-25-14(3)29-20/h5-11,13H,4,12H2,1-3H3/t13-/m1/s1. The molecule has 0 unspecified atom stereocenters. The molecule has 0 saturated carbocycles. The summed E-state index contributed by atoms with van der Waals surface area (Å²) < 4.78 is 7.08. The van der Waals surface area contributed by atoms with E-state index in [0.717, 1.165) is 12.1 Å². The smallest absolute Gasteiger partial charge is 0.266 e. The summed E-state index contributed by atoms with van der Waals surface area (Å²) >= 11 is 7.51. The highest BCUT2D eigenvalue weighted by atomic mass is 35.5. The highest BCUT2D eigenvalue weighted by molar-refractivity contribution is 7.98. The van der Waals surface area contributed by atoms with Gasteiger partial charge in [0, 0.05) is 11.9 Å². The van der Waals surface area contributed by atoms with Gasteiger partial charge >= 0.3 is 0 Å². The number of benzene rings is 2. The van der Waals surface area contributed by atoms with E-state index in [9.17, 15) is 4.79 Å². The summed E-state index contributed by atoms with van der Waals surface area (Å²) in [6.45, 7) is 6.09. The molecule has 4 aromatic rings. The van der Waals surface area contributed by atoms with Crippen LogP contribution in [0, 0.1) is 6.92 Å². The van der Waals surface area contributed by atoms with Crippen LogP contribution >= 0.6 is 23.4 Å². The third kappa shape index (κ3) is 4.13. The van der Waals surface area contributed by atoms with Crippen LogP contribution in [-0.4, -0.2) is 19.7 Å². The highest BCUT2D eigenvalue weighted by Gasteiger charge is 2.16. The monoisotopic (exact) mass is 440 g/mol. The highest BCUT2D eigenvalue weighted by Crippen LogP contribution is 2.26. The first-order chi connectivity index (χ1) is 14.5. The van der Waals surface area contributed by atoms with Crippen LogP contribution < -0.4 is 5.56 Å². The maximum atomic E-state index is 13.4. The van der Waals surface area contributed by atoms with E-state index in [4.69, 9.17) is 21.0 Å². The number of aromatic nitrogens is 4. The molecule has 0 bridgehead atoms. The Morgan fingerprint density at radius 3 is 2.60 bits per heavy atom. The molecule has 1 atom stereocenters. The lowest BCUT2D eigenvalue weighted by Crippen LogP contribution is -2.21. The van der Waals surface area contributed by atoms with E-state index >= 15 is 0 Å². The van der Waals surface area contributed by atoms with Gasteiger partial charge in [0.05, 0.1) is 22.3 Å². The number of hydrogen-bond acceptors (Lipinski definition) is 6. The average Bonchev–Trinajstić information content (AvgIpc) is 3.17. The van der Waals surface area contributed by atoms with E-state index in [-0.39, 0.29) is 5.56 Å². The van der Waals surface area contributed by atoms with Crippen LogP contribution in [0.4, 0.5) is 0 Å². The summed E-state index contributed by atoms with van der Waals surface area (Å²) in [6.07, 6.45) is 1.06. The lowest BCUT2D eigenvalue weighted by molar-refractivity contribution is 0.485. The molecule has 30 heavy (non-hydrogen) atoms. The molecule has 2 heterocycles. The fraction of sp³-hybridized carbons (Fsp3) is 0.273. The molecule has 0 fully saturated rings. The van der Waals surface area contributed by atoms with Crippen LogP contribution in [0.15, 0.2) is 56.8 Å². The van der Waals surface area contributed by atoms with Crippen molar-refractivity contribution in [3.05, 3.63) is 75.2 Å². The van der Waals surface area contributed by atoms with Crippen molar-refractivity contribution in [1.29, 1.82) is 0 Å². The fourth-order valence-electron chi connectivity index (χ4n) is 3.17. The Balaban J connectivity index is 1.82. The van der Waals surface area contributed by atoms with E-state index in [1.54, 1.807) is 29.7 Å². The SMILES string of the molecule is CC[C@@H](C)c1ccc(-n2c(SCc3nnc(C)o3)nc3ccc(Cl)cc3c2=O)cc1. The van der Waals surface area contributed by atoms with Gasteiger partial charge in [-0.2, -0.15) is 0 Å². The molecule has 2 aromatic heterocycles. The molecule has 6 nitrogen and oxygen atoms in total. The second-order valence-electron chi connectivity index (χ2n) is 7.10. The number of fused-ring (bicyclic) bond motifs is 1. The third-order valence-corrected chi connectivity index (χ3v) is 6.18. The molecule has 0 saturated heterocycles. The molecule has 0 aliphatic carbocycles. The zero-order valence-electron chi connectivity index (χ0n) is 16.9. The van der Waals surface area contributed by atoms with Crippen LogP contribution in [0.2, 0.25) is 5.02 Å². The molecule has 0 aliphatic rings. The van der Waals surface area contributed by atoms with Crippen LogP contribution in [-0.2, 0) is 5.75 Å². The van der Waals surface area contributed by atoms with E-state index in [2.05, 4.69) is 36.2 Å². The topological polar surface area (TPSA) is 73.8 Å². The minimum absolute atomic E-state index is 0.164. The molecular formula is C22H21ClN4O2S. The van der Waals surface area contributed by atoms with Gasteiger partial charge in [0.25, 0.3) is 5.56 Å². The van der Waals surface area contributed by atoms with Gasteiger partial charge in [-0.15, -0.1) is 10.2 Å². The Hall–Kier alpha value is -2.64. The van der Waals surface area contributed by atoms with E-state index in [0.29, 0.717) is 44.5 Å². The third-order valence-electron chi connectivity index (χ3n) is 5.02. The quantitative estimate of drug-likeness (QED) is 0.289. The van der Waals surface area contributed by atoms with E-state index < -0.39 is 0 Å². The molecule has 154 valence electrons. The van der Waals surface area contributed by atoms with Crippen LogP contribution in [0.3, 0.4) is 0 Å². The molecule has 0 aliphatic heterocycles. The number of hydrogen-bond donors (Lipinski definition) is 0. The first-order valence-electron chi connectivity index (χ1n) is 9.70. The van der Waals surface area contributed by atoms with Crippen LogP contribution in [0.1, 0.15) is 43.5 Å². The largest absolute Gasteiger partial charge is 0.425 e. The minimum atomic E-state index is -0.164. The number of halogens is 1. The molecule has 4 rings (SSSR count). The summed E-state index contributed by atoms with van der Waals surface area (Å²) in [5.74, 6) is 1.86. The number of aryl methyl sites for hydroxylation is 1. The predicted octanol–water partition coefficient (Wildman–Crippen LogP) is 5.54. The van der Waals surface area contributed by atoms with Crippen molar-refractivity contribution >= 4 is 34.3 Å². The minimum Gasteiger partial charge on any atom is -0.425 e. The summed E-state index contributed by atoms with van der Waals surface area (Å²) in [7, 11) is 0. The number of thioether (sulfide) groups is 1. The van der Waals surface area contributed by atoms with Crippen molar-refractivity contribution in [2.24, 2.45) is 0 Å². The van der Waals surface area contributed by atoms with Gasteiger partial charge in [-0.05, 0) is 48.2 Å². The van der Waals surface area contributed by atoms with Crippen molar-refractivity contribution in [1.82, 2.24) is 19.7 Å².